The van der Waals surface area contributed by atoms with Crippen molar-refractivity contribution in [3.8, 4) is 28.8 Å². The van der Waals surface area contributed by atoms with E-state index < -0.39 is 4.92 Å². The molecule has 0 spiro atoms. The third kappa shape index (κ3) is 2.71. The number of hydrogen-bond acceptors (Lipinski definition) is 6. The van der Waals surface area contributed by atoms with Crippen molar-refractivity contribution >= 4 is 16.7 Å². The number of fused-ring (bicyclic) bond motifs is 1. The van der Waals surface area contributed by atoms with Gasteiger partial charge >= 0.3 is 0 Å². The number of nitrogens with zero attached hydrogens (tertiary/aromatic N) is 5. The molecule has 0 aliphatic carbocycles. The van der Waals surface area contributed by atoms with Crippen molar-refractivity contribution in [2.45, 2.75) is 0 Å². The lowest BCUT2D eigenvalue weighted by atomic mass is 10.1. The van der Waals surface area contributed by atoms with Crippen LogP contribution in [0.5, 0.6) is 5.75 Å². The summed E-state index contributed by atoms with van der Waals surface area (Å²) in [6.07, 6.45) is 2.93. The highest BCUT2D eigenvalue weighted by molar-refractivity contribution is 5.95. The lowest BCUT2D eigenvalue weighted by molar-refractivity contribution is -0.384. The van der Waals surface area contributed by atoms with E-state index in [0.29, 0.717) is 33.7 Å². The maximum atomic E-state index is 11.5. The molecule has 0 radical (unpaired) electrons. The van der Waals surface area contributed by atoms with Gasteiger partial charge in [0, 0.05) is 17.8 Å². The fourth-order valence-corrected chi connectivity index (χ4v) is 3.11. The number of methoxy groups -OCH3 is 1. The first kappa shape index (κ1) is 17.2. The Labute approximate surface area is 159 Å². The van der Waals surface area contributed by atoms with Crippen LogP contribution in [0.3, 0.4) is 0 Å². The van der Waals surface area contributed by atoms with Crippen molar-refractivity contribution in [3.63, 3.8) is 0 Å². The van der Waals surface area contributed by atoms with Crippen LogP contribution in [0.25, 0.3) is 28.0 Å². The predicted molar refractivity (Wildman–Crippen MR) is 102 cm³/mol. The summed E-state index contributed by atoms with van der Waals surface area (Å²) < 4.78 is 6.80. The molecule has 2 heterocycles. The predicted octanol–water partition coefficient (Wildman–Crippen LogP) is 3.88. The van der Waals surface area contributed by atoms with Gasteiger partial charge in [0.1, 0.15) is 29.4 Å². The third-order valence-corrected chi connectivity index (χ3v) is 4.40. The standard InChI is InChI=1S/C20H13N5O3/c1-28-15-8-6-13(7-9-15)18-20-19(23-12-22-18)14(10-21)11-24(20)16-4-2-3-5-17(16)25(26)27/h2-9,11-12H,1H3. The second-order valence-corrected chi connectivity index (χ2v) is 5.92. The molecule has 0 N–H and O–H groups in total. The Morgan fingerprint density at radius 3 is 2.57 bits per heavy atom. The number of nitro benzene ring substituents is 1. The minimum absolute atomic E-state index is 0.0755. The Balaban J connectivity index is 2.06. The van der Waals surface area contributed by atoms with Crippen LogP contribution in [-0.4, -0.2) is 26.6 Å². The lowest BCUT2D eigenvalue weighted by Gasteiger charge is -2.10. The van der Waals surface area contributed by atoms with Crippen molar-refractivity contribution < 1.29 is 9.66 Å². The first-order chi connectivity index (χ1) is 13.6. The van der Waals surface area contributed by atoms with Crippen LogP contribution < -0.4 is 4.74 Å². The SMILES string of the molecule is COc1ccc(-c2ncnc3c(C#N)cn(-c4ccccc4[N+](=O)[O-])c23)cc1. The summed E-state index contributed by atoms with van der Waals surface area (Å²) in [6.45, 7) is 0. The average Bonchev–Trinajstić information content (AvgIpc) is 3.12. The van der Waals surface area contributed by atoms with Crippen LogP contribution in [0.4, 0.5) is 5.69 Å². The number of ether oxygens (including phenoxy) is 1. The topological polar surface area (TPSA) is 107 Å². The summed E-state index contributed by atoms with van der Waals surface area (Å²) in [7, 11) is 1.58. The quantitative estimate of drug-likeness (QED) is 0.398. The number of rotatable bonds is 4. The first-order valence-corrected chi connectivity index (χ1v) is 8.28. The normalized spacial score (nSPS) is 10.6. The van der Waals surface area contributed by atoms with Gasteiger partial charge in [0.05, 0.1) is 28.8 Å². The first-order valence-electron chi connectivity index (χ1n) is 8.28. The summed E-state index contributed by atoms with van der Waals surface area (Å²) in [5.74, 6) is 0.695. The minimum atomic E-state index is -0.454. The molecule has 8 heteroatoms. The molecule has 0 saturated heterocycles. The van der Waals surface area contributed by atoms with Gasteiger partial charge in [-0.15, -0.1) is 0 Å². The van der Waals surface area contributed by atoms with Crippen molar-refractivity contribution in [1.82, 2.24) is 14.5 Å². The van der Waals surface area contributed by atoms with E-state index in [0.717, 1.165) is 5.56 Å². The second-order valence-electron chi connectivity index (χ2n) is 5.92. The second kappa shape index (κ2) is 6.81. The number of benzene rings is 2. The molecular formula is C20H13N5O3. The Bertz CT molecular complexity index is 1240. The summed E-state index contributed by atoms with van der Waals surface area (Å²) in [6, 6.07) is 15.7. The van der Waals surface area contributed by atoms with Gasteiger partial charge in [0.15, 0.2) is 0 Å². The molecule has 0 aliphatic rings. The van der Waals surface area contributed by atoms with Crippen molar-refractivity contribution in [2.75, 3.05) is 7.11 Å². The zero-order chi connectivity index (χ0) is 19.7. The van der Waals surface area contributed by atoms with Crippen LogP contribution in [0.15, 0.2) is 61.1 Å². The highest BCUT2D eigenvalue weighted by atomic mass is 16.6. The van der Waals surface area contributed by atoms with Gasteiger partial charge in [-0.2, -0.15) is 5.26 Å². The van der Waals surface area contributed by atoms with Crippen LogP contribution in [0.1, 0.15) is 5.56 Å². The van der Waals surface area contributed by atoms with E-state index >= 15 is 0 Å². The van der Waals surface area contributed by atoms with E-state index in [2.05, 4.69) is 16.0 Å². The molecule has 136 valence electrons. The van der Waals surface area contributed by atoms with E-state index in [-0.39, 0.29) is 5.69 Å². The molecule has 4 aromatic rings. The van der Waals surface area contributed by atoms with Gasteiger partial charge in [-0.05, 0) is 30.3 Å². The summed E-state index contributed by atoms with van der Waals surface area (Å²) in [5.41, 5.74) is 2.87. The molecule has 0 saturated carbocycles. The number of nitriles is 1. The van der Waals surface area contributed by atoms with Crippen molar-refractivity contribution in [1.29, 1.82) is 5.26 Å². The fourth-order valence-electron chi connectivity index (χ4n) is 3.11. The molecule has 0 amide bonds. The van der Waals surface area contributed by atoms with Crippen molar-refractivity contribution in [3.05, 3.63) is 76.7 Å². The van der Waals surface area contributed by atoms with E-state index in [1.54, 1.807) is 48.2 Å². The van der Waals surface area contributed by atoms with Gasteiger partial charge in [0.2, 0.25) is 0 Å². The number of para-hydroxylation sites is 2. The molecule has 0 bridgehead atoms. The molecule has 2 aromatic heterocycles. The highest BCUT2D eigenvalue weighted by Crippen LogP contribution is 2.34. The van der Waals surface area contributed by atoms with E-state index in [4.69, 9.17) is 4.74 Å². The van der Waals surface area contributed by atoms with Crippen LogP contribution in [0, 0.1) is 21.4 Å². The van der Waals surface area contributed by atoms with Crippen LogP contribution in [-0.2, 0) is 0 Å². The van der Waals surface area contributed by atoms with Gasteiger partial charge in [0.25, 0.3) is 5.69 Å². The van der Waals surface area contributed by atoms with E-state index in [9.17, 15) is 15.4 Å². The molecule has 0 fully saturated rings. The summed E-state index contributed by atoms with van der Waals surface area (Å²) >= 11 is 0. The van der Waals surface area contributed by atoms with E-state index in [1.807, 2.05) is 12.1 Å². The number of hydrogen-bond donors (Lipinski definition) is 0. The molecule has 0 aliphatic heterocycles. The summed E-state index contributed by atoms with van der Waals surface area (Å²) in [4.78, 5) is 19.7. The monoisotopic (exact) mass is 371 g/mol. The van der Waals surface area contributed by atoms with Crippen molar-refractivity contribution in [2.24, 2.45) is 0 Å². The van der Waals surface area contributed by atoms with Gasteiger partial charge in [-0.3, -0.25) is 10.1 Å². The number of nitro groups is 1. The zero-order valence-corrected chi connectivity index (χ0v) is 14.7. The molecule has 0 atom stereocenters. The largest absolute Gasteiger partial charge is 0.497 e. The maximum Gasteiger partial charge on any atom is 0.293 e. The molecule has 2 aromatic carbocycles. The average molecular weight is 371 g/mol. The van der Waals surface area contributed by atoms with Crippen LogP contribution >= 0.6 is 0 Å². The van der Waals surface area contributed by atoms with Gasteiger partial charge < -0.3 is 9.30 Å². The molecular weight excluding hydrogens is 358 g/mol. The summed E-state index contributed by atoms with van der Waals surface area (Å²) in [5, 5.41) is 21.0. The maximum absolute atomic E-state index is 11.5. The smallest absolute Gasteiger partial charge is 0.293 e. The zero-order valence-electron chi connectivity index (χ0n) is 14.7. The highest BCUT2D eigenvalue weighted by Gasteiger charge is 2.21. The Morgan fingerprint density at radius 2 is 1.89 bits per heavy atom. The van der Waals surface area contributed by atoms with Gasteiger partial charge in [-0.25, -0.2) is 9.97 Å². The Morgan fingerprint density at radius 1 is 1.14 bits per heavy atom. The van der Waals surface area contributed by atoms with E-state index in [1.165, 1.54) is 12.4 Å². The molecule has 8 nitrogen and oxygen atoms in total. The number of aromatic nitrogens is 3. The lowest BCUT2D eigenvalue weighted by Crippen LogP contribution is -2.00. The molecule has 28 heavy (non-hydrogen) atoms. The Hall–Kier alpha value is -4.25. The molecule has 0 unspecified atom stereocenters. The van der Waals surface area contributed by atoms with Crippen LogP contribution in [0.2, 0.25) is 0 Å². The fraction of sp³-hybridized carbons (Fsp3) is 0.0500. The molecule has 4 rings (SSSR count). The van der Waals surface area contributed by atoms with Gasteiger partial charge in [-0.1, -0.05) is 12.1 Å². The Kier molecular flexibility index (Phi) is 4.18. The minimum Gasteiger partial charge on any atom is -0.497 e. The third-order valence-electron chi connectivity index (χ3n) is 4.40.